The summed E-state index contributed by atoms with van der Waals surface area (Å²) in [5, 5.41) is 2.84. The molecule has 0 aliphatic carbocycles. The Balaban J connectivity index is 1.55. The molecule has 1 aliphatic rings. The predicted octanol–water partition coefficient (Wildman–Crippen LogP) is 2.90. The predicted molar refractivity (Wildman–Crippen MR) is 108 cm³/mol. The molecule has 6 nitrogen and oxygen atoms in total. The van der Waals surface area contributed by atoms with Gasteiger partial charge in [0.25, 0.3) is 5.91 Å². The largest absolute Gasteiger partial charge is 0.356 e. The van der Waals surface area contributed by atoms with Gasteiger partial charge in [-0.3, -0.25) is 14.6 Å². The third-order valence-corrected chi connectivity index (χ3v) is 5.05. The van der Waals surface area contributed by atoms with Crippen LogP contribution in [0, 0.1) is 5.92 Å². The van der Waals surface area contributed by atoms with Crippen LogP contribution in [-0.4, -0.2) is 46.3 Å². The first-order valence-electron chi connectivity index (χ1n) is 9.55. The summed E-state index contributed by atoms with van der Waals surface area (Å²) in [5.41, 5.74) is 3.84. The zero-order valence-electron chi connectivity index (χ0n) is 15.8. The van der Waals surface area contributed by atoms with Gasteiger partial charge in [-0.05, 0) is 37.6 Å². The highest BCUT2D eigenvalue weighted by Gasteiger charge is 2.31. The van der Waals surface area contributed by atoms with E-state index in [0.29, 0.717) is 31.6 Å². The molecule has 0 bridgehead atoms. The first-order valence-corrected chi connectivity index (χ1v) is 9.55. The molecule has 3 aromatic rings. The van der Waals surface area contributed by atoms with E-state index in [0.717, 1.165) is 22.3 Å². The first kappa shape index (κ1) is 18.1. The Hall–Kier alpha value is -3.28. The fraction of sp³-hybridized carbons (Fsp3) is 0.273. The summed E-state index contributed by atoms with van der Waals surface area (Å²) >= 11 is 0. The molecule has 1 fully saturated rings. The topological polar surface area (TPSA) is 75.2 Å². The highest BCUT2D eigenvalue weighted by molar-refractivity contribution is 5.96. The molecular formula is C22H22N4O2. The maximum Gasteiger partial charge on any atom is 0.253 e. The van der Waals surface area contributed by atoms with Crippen LogP contribution >= 0.6 is 0 Å². The van der Waals surface area contributed by atoms with Gasteiger partial charge in [-0.15, -0.1) is 0 Å². The number of para-hydroxylation sites is 2. The van der Waals surface area contributed by atoms with Gasteiger partial charge in [-0.2, -0.15) is 0 Å². The fourth-order valence-electron chi connectivity index (χ4n) is 3.57. The summed E-state index contributed by atoms with van der Waals surface area (Å²) < 4.78 is 0. The Morgan fingerprint density at radius 3 is 2.79 bits per heavy atom. The van der Waals surface area contributed by atoms with E-state index in [1.807, 2.05) is 49.4 Å². The standard InChI is InChI=1S/C22H22N4O2/c1-2-23-21(27)17-10-11-26(14-17)22(28)16-7-5-6-15(12-16)20-13-24-18-8-3-4-9-19(18)25-20/h3-9,12-13,17H,2,10-11,14H2,1H3,(H,23,27). The van der Waals surface area contributed by atoms with Crippen LogP contribution in [0.4, 0.5) is 0 Å². The lowest BCUT2D eigenvalue weighted by molar-refractivity contribution is -0.124. The maximum absolute atomic E-state index is 12.9. The number of likely N-dealkylation sites (tertiary alicyclic amines) is 1. The van der Waals surface area contributed by atoms with Crippen LogP contribution in [0.2, 0.25) is 0 Å². The molecule has 0 spiro atoms. The van der Waals surface area contributed by atoms with Crippen molar-refractivity contribution < 1.29 is 9.59 Å². The van der Waals surface area contributed by atoms with Crippen molar-refractivity contribution in [1.82, 2.24) is 20.2 Å². The molecule has 142 valence electrons. The Bertz CT molecular complexity index is 1030. The maximum atomic E-state index is 12.9. The van der Waals surface area contributed by atoms with Gasteiger partial charge in [0.15, 0.2) is 0 Å². The molecule has 2 heterocycles. The molecule has 2 aromatic carbocycles. The van der Waals surface area contributed by atoms with Crippen LogP contribution in [0.25, 0.3) is 22.3 Å². The molecule has 1 N–H and O–H groups in total. The van der Waals surface area contributed by atoms with Crippen molar-refractivity contribution in [2.24, 2.45) is 5.92 Å². The zero-order chi connectivity index (χ0) is 19.5. The van der Waals surface area contributed by atoms with Crippen molar-refractivity contribution in [2.75, 3.05) is 19.6 Å². The average molecular weight is 374 g/mol. The second-order valence-corrected chi connectivity index (χ2v) is 6.96. The summed E-state index contributed by atoms with van der Waals surface area (Å²) in [5.74, 6) is -0.154. The number of aromatic nitrogens is 2. The SMILES string of the molecule is CCNC(=O)C1CCN(C(=O)c2cccc(-c3cnc4ccccc4n3)c2)C1. The molecule has 0 radical (unpaired) electrons. The van der Waals surface area contributed by atoms with Crippen molar-refractivity contribution >= 4 is 22.8 Å². The molecule has 1 unspecified atom stereocenters. The van der Waals surface area contributed by atoms with E-state index in [1.54, 1.807) is 17.2 Å². The number of carbonyl (C=O) groups excluding carboxylic acids is 2. The van der Waals surface area contributed by atoms with Gasteiger partial charge in [0, 0.05) is 30.8 Å². The molecule has 1 aliphatic heterocycles. The molecule has 2 amide bonds. The van der Waals surface area contributed by atoms with E-state index in [4.69, 9.17) is 0 Å². The average Bonchev–Trinajstić information content (AvgIpc) is 3.23. The molecular weight excluding hydrogens is 352 g/mol. The van der Waals surface area contributed by atoms with Gasteiger partial charge in [-0.25, -0.2) is 4.98 Å². The van der Waals surface area contributed by atoms with Gasteiger partial charge in [0.05, 0.1) is 28.8 Å². The van der Waals surface area contributed by atoms with Crippen LogP contribution < -0.4 is 5.32 Å². The van der Waals surface area contributed by atoms with Gasteiger partial charge in [-0.1, -0.05) is 24.3 Å². The Labute approximate surface area is 163 Å². The molecule has 6 heteroatoms. The lowest BCUT2D eigenvalue weighted by Crippen LogP contribution is -2.34. The molecule has 1 atom stereocenters. The van der Waals surface area contributed by atoms with E-state index >= 15 is 0 Å². The number of nitrogens with zero attached hydrogens (tertiary/aromatic N) is 3. The monoisotopic (exact) mass is 374 g/mol. The normalized spacial score (nSPS) is 16.3. The van der Waals surface area contributed by atoms with Crippen LogP contribution in [0.1, 0.15) is 23.7 Å². The quantitative estimate of drug-likeness (QED) is 0.762. The summed E-state index contributed by atoms with van der Waals surface area (Å²) in [6.07, 6.45) is 2.43. The Morgan fingerprint density at radius 2 is 1.96 bits per heavy atom. The number of hydrogen-bond donors (Lipinski definition) is 1. The molecule has 1 aromatic heterocycles. The highest BCUT2D eigenvalue weighted by Crippen LogP contribution is 2.23. The van der Waals surface area contributed by atoms with Crippen LogP contribution in [0.3, 0.4) is 0 Å². The minimum atomic E-state index is -0.126. The van der Waals surface area contributed by atoms with Crippen molar-refractivity contribution in [3.63, 3.8) is 0 Å². The minimum absolute atomic E-state index is 0.0259. The summed E-state index contributed by atoms with van der Waals surface area (Å²) in [7, 11) is 0. The third kappa shape index (κ3) is 3.58. The van der Waals surface area contributed by atoms with E-state index in [2.05, 4.69) is 15.3 Å². The van der Waals surface area contributed by atoms with Gasteiger partial charge >= 0.3 is 0 Å². The Morgan fingerprint density at radius 1 is 1.14 bits per heavy atom. The lowest BCUT2D eigenvalue weighted by Gasteiger charge is -2.17. The van der Waals surface area contributed by atoms with Crippen LogP contribution in [0.5, 0.6) is 0 Å². The minimum Gasteiger partial charge on any atom is -0.356 e. The van der Waals surface area contributed by atoms with Crippen molar-refractivity contribution in [1.29, 1.82) is 0 Å². The number of hydrogen-bond acceptors (Lipinski definition) is 4. The number of rotatable bonds is 4. The molecule has 1 saturated heterocycles. The van der Waals surface area contributed by atoms with Crippen molar-refractivity contribution in [3.8, 4) is 11.3 Å². The molecule has 28 heavy (non-hydrogen) atoms. The van der Waals surface area contributed by atoms with Crippen LogP contribution in [0.15, 0.2) is 54.7 Å². The van der Waals surface area contributed by atoms with Crippen molar-refractivity contribution in [2.45, 2.75) is 13.3 Å². The van der Waals surface area contributed by atoms with E-state index < -0.39 is 0 Å². The van der Waals surface area contributed by atoms with Crippen molar-refractivity contribution in [3.05, 3.63) is 60.3 Å². The van der Waals surface area contributed by atoms with Gasteiger partial charge in [0.2, 0.25) is 5.91 Å². The smallest absolute Gasteiger partial charge is 0.253 e. The number of carbonyl (C=O) groups is 2. The van der Waals surface area contributed by atoms with Crippen LogP contribution in [-0.2, 0) is 4.79 Å². The first-order chi connectivity index (χ1) is 13.7. The summed E-state index contributed by atoms with van der Waals surface area (Å²) in [4.78, 5) is 35.8. The second-order valence-electron chi connectivity index (χ2n) is 6.96. The molecule has 4 rings (SSSR count). The number of amides is 2. The third-order valence-electron chi connectivity index (χ3n) is 5.05. The van der Waals surface area contributed by atoms with Gasteiger partial charge < -0.3 is 10.2 Å². The number of nitrogens with one attached hydrogen (secondary N) is 1. The Kier molecular flexibility index (Phi) is 5.02. The van der Waals surface area contributed by atoms with E-state index in [1.165, 1.54) is 0 Å². The van der Waals surface area contributed by atoms with Gasteiger partial charge in [0.1, 0.15) is 0 Å². The molecule has 0 saturated carbocycles. The number of fused-ring (bicyclic) bond motifs is 1. The van der Waals surface area contributed by atoms with E-state index in [9.17, 15) is 9.59 Å². The highest BCUT2D eigenvalue weighted by atomic mass is 16.2. The van der Waals surface area contributed by atoms with E-state index in [-0.39, 0.29) is 17.7 Å². The summed E-state index contributed by atoms with van der Waals surface area (Å²) in [6.45, 7) is 3.57. The fourth-order valence-corrected chi connectivity index (χ4v) is 3.57. The lowest BCUT2D eigenvalue weighted by atomic mass is 10.1. The second kappa shape index (κ2) is 7.76. The number of benzene rings is 2. The summed E-state index contributed by atoms with van der Waals surface area (Å²) in [6, 6.07) is 15.1. The zero-order valence-corrected chi connectivity index (χ0v) is 15.8.